The quantitative estimate of drug-likeness (QED) is 0.226. The molecular formula is C25H16Br2N2. The third-order valence-corrected chi connectivity index (χ3v) is 7.51. The Morgan fingerprint density at radius 2 is 1.17 bits per heavy atom. The van der Waals surface area contributed by atoms with E-state index in [1.807, 2.05) is 0 Å². The van der Waals surface area contributed by atoms with Crippen molar-refractivity contribution in [3.63, 3.8) is 0 Å². The molecule has 1 atom stereocenters. The molecule has 0 aromatic heterocycles. The molecular weight excluding hydrogens is 488 g/mol. The van der Waals surface area contributed by atoms with E-state index in [4.69, 9.17) is 11.5 Å². The largest absolute Gasteiger partial charge is 0.397 e. The number of hydrogen-bond acceptors (Lipinski definition) is 2. The molecule has 2 nitrogen and oxygen atoms in total. The van der Waals surface area contributed by atoms with Crippen molar-refractivity contribution in [1.82, 2.24) is 0 Å². The summed E-state index contributed by atoms with van der Waals surface area (Å²) in [5.41, 5.74) is 23.6. The molecule has 140 valence electrons. The highest BCUT2D eigenvalue weighted by atomic mass is 79.9. The van der Waals surface area contributed by atoms with E-state index in [1.54, 1.807) is 0 Å². The molecule has 6 rings (SSSR count). The van der Waals surface area contributed by atoms with E-state index in [1.165, 1.54) is 33.4 Å². The lowest BCUT2D eigenvalue weighted by atomic mass is 9.70. The van der Waals surface area contributed by atoms with Crippen molar-refractivity contribution in [2.45, 2.75) is 5.41 Å². The van der Waals surface area contributed by atoms with E-state index in [0.29, 0.717) is 11.4 Å². The second-order valence-electron chi connectivity index (χ2n) is 7.64. The predicted molar refractivity (Wildman–Crippen MR) is 127 cm³/mol. The van der Waals surface area contributed by atoms with Gasteiger partial charge in [0.1, 0.15) is 0 Å². The van der Waals surface area contributed by atoms with Gasteiger partial charge in [-0.25, -0.2) is 0 Å². The molecule has 2 aliphatic carbocycles. The number of halogens is 2. The highest BCUT2D eigenvalue weighted by molar-refractivity contribution is 9.10. The summed E-state index contributed by atoms with van der Waals surface area (Å²) in [6, 6.07) is 25.9. The summed E-state index contributed by atoms with van der Waals surface area (Å²) >= 11 is 7.27. The first-order valence-corrected chi connectivity index (χ1v) is 11.0. The lowest BCUT2D eigenvalue weighted by Crippen LogP contribution is -2.27. The van der Waals surface area contributed by atoms with Crippen LogP contribution in [0.3, 0.4) is 0 Å². The fraction of sp³-hybridized carbons (Fsp3) is 0.0400. The Hall–Kier alpha value is -2.56. The molecule has 0 aliphatic heterocycles. The molecule has 4 aromatic carbocycles. The first kappa shape index (κ1) is 17.3. The zero-order valence-electron chi connectivity index (χ0n) is 15.3. The maximum atomic E-state index is 6.75. The van der Waals surface area contributed by atoms with Crippen LogP contribution in [0.25, 0.3) is 22.3 Å². The van der Waals surface area contributed by atoms with Crippen LogP contribution in [0.4, 0.5) is 11.4 Å². The molecule has 4 heteroatoms. The van der Waals surface area contributed by atoms with Crippen molar-refractivity contribution in [2.24, 2.45) is 0 Å². The number of fused-ring (bicyclic) bond motifs is 10. The predicted octanol–water partition coefficient (Wildman–Crippen LogP) is 6.72. The molecule has 0 saturated carbocycles. The fourth-order valence-electron chi connectivity index (χ4n) is 5.30. The average Bonchev–Trinajstić information content (AvgIpc) is 3.18. The first-order chi connectivity index (χ1) is 14.0. The van der Waals surface area contributed by atoms with E-state index in [0.717, 1.165) is 20.1 Å². The van der Waals surface area contributed by atoms with Gasteiger partial charge in [0.15, 0.2) is 0 Å². The SMILES string of the molecule is Nc1c(Br)cc2c(c1N)C1(c3ccccc3-c3cc(Br)ccc31)c1ccccc1-2. The number of nitrogen functional groups attached to an aromatic ring is 2. The van der Waals surface area contributed by atoms with Gasteiger partial charge in [-0.1, -0.05) is 70.5 Å². The summed E-state index contributed by atoms with van der Waals surface area (Å²) in [7, 11) is 0. The Bertz CT molecular complexity index is 1350. The molecule has 4 aromatic rings. The minimum Gasteiger partial charge on any atom is -0.397 e. The van der Waals surface area contributed by atoms with Gasteiger partial charge >= 0.3 is 0 Å². The standard InChI is InChI=1S/C25H16Br2N2/c26-13-9-10-20-16(11-13)14-5-1-3-7-18(14)25(20)19-8-4-2-6-15(19)17-12-21(27)23(28)24(29)22(17)25/h1-12H,28-29H2. The lowest BCUT2D eigenvalue weighted by Gasteiger charge is -2.31. The van der Waals surface area contributed by atoms with Crippen LogP contribution in [0.5, 0.6) is 0 Å². The first-order valence-electron chi connectivity index (χ1n) is 9.43. The topological polar surface area (TPSA) is 52.0 Å². The van der Waals surface area contributed by atoms with Gasteiger partial charge in [0.05, 0.1) is 16.8 Å². The van der Waals surface area contributed by atoms with Gasteiger partial charge in [-0.05, 0) is 73.1 Å². The minimum atomic E-state index is -0.461. The van der Waals surface area contributed by atoms with Crippen LogP contribution in [0.2, 0.25) is 0 Å². The minimum absolute atomic E-state index is 0.461. The summed E-state index contributed by atoms with van der Waals surface area (Å²) < 4.78 is 1.90. The molecule has 1 unspecified atom stereocenters. The third-order valence-electron chi connectivity index (χ3n) is 6.36. The summed E-state index contributed by atoms with van der Waals surface area (Å²) in [5, 5.41) is 0. The van der Waals surface area contributed by atoms with E-state index in [-0.39, 0.29) is 0 Å². The summed E-state index contributed by atoms with van der Waals surface area (Å²) in [6.45, 7) is 0. The van der Waals surface area contributed by atoms with Crippen molar-refractivity contribution in [3.8, 4) is 22.3 Å². The van der Waals surface area contributed by atoms with Crippen LogP contribution in [0, 0.1) is 0 Å². The zero-order chi connectivity index (χ0) is 19.9. The molecule has 29 heavy (non-hydrogen) atoms. The van der Waals surface area contributed by atoms with Gasteiger partial charge in [0.2, 0.25) is 0 Å². The Labute approximate surface area is 185 Å². The molecule has 0 heterocycles. The zero-order valence-corrected chi connectivity index (χ0v) is 18.5. The molecule has 1 spiro atoms. The maximum Gasteiger partial charge on any atom is 0.0746 e. The average molecular weight is 504 g/mol. The number of rotatable bonds is 0. The van der Waals surface area contributed by atoms with Gasteiger partial charge in [-0.2, -0.15) is 0 Å². The number of hydrogen-bond donors (Lipinski definition) is 2. The summed E-state index contributed by atoms with van der Waals surface area (Å²) in [4.78, 5) is 0. The second-order valence-corrected chi connectivity index (χ2v) is 9.41. The smallest absolute Gasteiger partial charge is 0.0746 e. The van der Waals surface area contributed by atoms with Gasteiger partial charge < -0.3 is 11.5 Å². The Morgan fingerprint density at radius 3 is 1.86 bits per heavy atom. The van der Waals surface area contributed by atoms with Crippen molar-refractivity contribution in [2.75, 3.05) is 11.5 Å². The lowest BCUT2D eigenvalue weighted by molar-refractivity contribution is 0.796. The van der Waals surface area contributed by atoms with Crippen LogP contribution in [-0.2, 0) is 5.41 Å². The molecule has 4 N–H and O–H groups in total. The van der Waals surface area contributed by atoms with Crippen LogP contribution in [0.15, 0.2) is 81.7 Å². The number of anilines is 2. The molecule has 0 saturated heterocycles. The van der Waals surface area contributed by atoms with Crippen molar-refractivity contribution < 1.29 is 0 Å². The molecule has 0 bridgehead atoms. The monoisotopic (exact) mass is 502 g/mol. The second kappa shape index (κ2) is 5.74. The Morgan fingerprint density at radius 1 is 0.586 bits per heavy atom. The van der Waals surface area contributed by atoms with E-state index in [2.05, 4.69) is 105 Å². The normalized spacial score (nSPS) is 17.7. The van der Waals surface area contributed by atoms with Gasteiger partial charge in [-0.15, -0.1) is 0 Å². The van der Waals surface area contributed by atoms with E-state index < -0.39 is 5.41 Å². The number of nitrogens with two attached hydrogens (primary N) is 2. The van der Waals surface area contributed by atoms with Gasteiger partial charge in [0.25, 0.3) is 0 Å². The maximum absolute atomic E-state index is 6.75. The van der Waals surface area contributed by atoms with Crippen LogP contribution < -0.4 is 11.5 Å². The van der Waals surface area contributed by atoms with Crippen molar-refractivity contribution in [1.29, 1.82) is 0 Å². The molecule has 0 radical (unpaired) electrons. The van der Waals surface area contributed by atoms with Crippen LogP contribution in [-0.4, -0.2) is 0 Å². The summed E-state index contributed by atoms with van der Waals surface area (Å²) in [5.74, 6) is 0. The third kappa shape index (κ3) is 1.96. The number of benzene rings is 4. The molecule has 2 aliphatic rings. The van der Waals surface area contributed by atoms with Crippen LogP contribution >= 0.6 is 31.9 Å². The molecule has 0 amide bonds. The fourth-order valence-corrected chi connectivity index (χ4v) is 6.10. The van der Waals surface area contributed by atoms with E-state index >= 15 is 0 Å². The van der Waals surface area contributed by atoms with Crippen LogP contribution in [0.1, 0.15) is 22.3 Å². The van der Waals surface area contributed by atoms with Gasteiger partial charge in [0, 0.05) is 14.5 Å². The van der Waals surface area contributed by atoms with Gasteiger partial charge in [-0.3, -0.25) is 0 Å². The highest BCUT2D eigenvalue weighted by Crippen LogP contribution is 2.65. The van der Waals surface area contributed by atoms with Crippen molar-refractivity contribution >= 4 is 43.2 Å². The van der Waals surface area contributed by atoms with Crippen molar-refractivity contribution in [3.05, 3.63) is 104 Å². The Balaban J connectivity index is 1.89. The molecule has 0 fully saturated rings. The van der Waals surface area contributed by atoms with E-state index in [9.17, 15) is 0 Å². The Kier molecular flexibility index (Phi) is 3.43. The summed E-state index contributed by atoms with van der Waals surface area (Å²) in [6.07, 6.45) is 0. The highest BCUT2D eigenvalue weighted by Gasteiger charge is 2.53.